The Morgan fingerprint density at radius 1 is 1.47 bits per heavy atom. The molecule has 1 aliphatic rings. The molecule has 19 heavy (non-hydrogen) atoms. The van der Waals surface area contributed by atoms with E-state index in [1.54, 1.807) is 24.3 Å². The van der Waals surface area contributed by atoms with Crippen molar-refractivity contribution in [2.45, 2.75) is 18.9 Å². The maximum absolute atomic E-state index is 12.4. The molecule has 0 saturated carbocycles. The molecule has 6 nitrogen and oxygen atoms in total. The van der Waals surface area contributed by atoms with Gasteiger partial charge in [-0.15, -0.1) is 5.10 Å². The average molecular weight is 257 g/mol. The summed E-state index contributed by atoms with van der Waals surface area (Å²) in [5, 5.41) is 4.08. The molecule has 0 N–H and O–H groups in total. The van der Waals surface area contributed by atoms with E-state index in [0.29, 0.717) is 0 Å². The summed E-state index contributed by atoms with van der Waals surface area (Å²) in [4.78, 5) is 22.4. The lowest BCUT2D eigenvalue weighted by molar-refractivity contribution is 0.0723. The first-order chi connectivity index (χ1) is 9.25. The molecule has 1 atom stereocenters. The average Bonchev–Trinajstić information content (AvgIpc) is 3.07. The van der Waals surface area contributed by atoms with Gasteiger partial charge in [0.25, 0.3) is 5.91 Å². The van der Waals surface area contributed by atoms with Crippen molar-refractivity contribution in [2.24, 2.45) is 7.05 Å². The fourth-order valence-electron chi connectivity index (χ4n) is 2.50. The lowest BCUT2D eigenvalue weighted by Crippen LogP contribution is -2.31. The van der Waals surface area contributed by atoms with Crippen molar-refractivity contribution in [3.63, 3.8) is 0 Å². The van der Waals surface area contributed by atoms with Gasteiger partial charge >= 0.3 is 0 Å². The van der Waals surface area contributed by atoms with Crippen LogP contribution in [0.25, 0.3) is 0 Å². The Hall–Kier alpha value is -2.24. The van der Waals surface area contributed by atoms with Crippen molar-refractivity contribution in [1.82, 2.24) is 24.6 Å². The predicted molar refractivity (Wildman–Crippen MR) is 68.3 cm³/mol. The molecular formula is C13H15N5O. The lowest BCUT2D eigenvalue weighted by Gasteiger charge is -2.23. The summed E-state index contributed by atoms with van der Waals surface area (Å²) < 4.78 is 1.54. The van der Waals surface area contributed by atoms with Gasteiger partial charge in [-0.3, -0.25) is 14.5 Å². The van der Waals surface area contributed by atoms with Gasteiger partial charge in [-0.2, -0.15) is 0 Å². The van der Waals surface area contributed by atoms with Gasteiger partial charge in [0.15, 0.2) is 0 Å². The van der Waals surface area contributed by atoms with Gasteiger partial charge < -0.3 is 4.90 Å². The largest absolute Gasteiger partial charge is 0.329 e. The molecule has 3 rings (SSSR count). The number of aryl methyl sites for hydroxylation is 1. The van der Waals surface area contributed by atoms with E-state index in [2.05, 4.69) is 15.1 Å². The Bertz CT molecular complexity index is 580. The number of pyridine rings is 1. The molecule has 0 radical (unpaired) electrons. The van der Waals surface area contributed by atoms with Crippen LogP contribution in [0, 0.1) is 0 Å². The summed E-state index contributed by atoms with van der Waals surface area (Å²) in [7, 11) is 1.76. The smallest absolute Gasteiger partial charge is 0.294 e. The fraction of sp³-hybridized carbons (Fsp3) is 0.385. The molecule has 1 aliphatic heterocycles. The Kier molecular flexibility index (Phi) is 2.98. The molecule has 0 spiro atoms. The van der Waals surface area contributed by atoms with Crippen LogP contribution in [0.3, 0.4) is 0 Å². The van der Waals surface area contributed by atoms with E-state index < -0.39 is 0 Å². The molecule has 1 saturated heterocycles. The van der Waals surface area contributed by atoms with Crippen molar-refractivity contribution in [1.29, 1.82) is 0 Å². The predicted octanol–water partition coefficient (Wildman–Crippen LogP) is 1.19. The zero-order valence-electron chi connectivity index (χ0n) is 10.7. The lowest BCUT2D eigenvalue weighted by atomic mass is 10.1. The molecule has 0 aromatic carbocycles. The first-order valence-corrected chi connectivity index (χ1v) is 6.32. The molecule has 98 valence electrons. The first-order valence-electron chi connectivity index (χ1n) is 6.32. The zero-order valence-corrected chi connectivity index (χ0v) is 10.7. The van der Waals surface area contributed by atoms with Crippen LogP contribution >= 0.6 is 0 Å². The number of amides is 1. The number of rotatable bonds is 2. The monoisotopic (exact) mass is 257 g/mol. The van der Waals surface area contributed by atoms with Crippen molar-refractivity contribution < 1.29 is 4.79 Å². The molecule has 3 heterocycles. The Balaban J connectivity index is 1.86. The summed E-state index contributed by atoms with van der Waals surface area (Å²) in [6.07, 6.45) is 7.07. The van der Waals surface area contributed by atoms with E-state index in [4.69, 9.17) is 0 Å². The van der Waals surface area contributed by atoms with E-state index in [9.17, 15) is 4.79 Å². The minimum atomic E-state index is -0.105. The van der Waals surface area contributed by atoms with E-state index in [1.807, 2.05) is 23.2 Å². The van der Waals surface area contributed by atoms with Crippen molar-refractivity contribution in [2.75, 3.05) is 6.54 Å². The van der Waals surface area contributed by atoms with Crippen LogP contribution in [-0.4, -0.2) is 37.1 Å². The number of hydrogen-bond acceptors (Lipinski definition) is 4. The second kappa shape index (κ2) is 4.79. The van der Waals surface area contributed by atoms with E-state index in [1.165, 1.54) is 0 Å². The summed E-state index contributed by atoms with van der Waals surface area (Å²) in [5.74, 6) is 0.158. The molecule has 6 heteroatoms. The Labute approximate surface area is 111 Å². The van der Waals surface area contributed by atoms with E-state index >= 15 is 0 Å². The Morgan fingerprint density at radius 3 is 3.05 bits per heavy atom. The van der Waals surface area contributed by atoms with Crippen LogP contribution in [0.1, 0.15) is 35.1 Å². The molecule has 1 unspecified atom stereocenters. The third-order valence-electron chi connectivity index (χ3n) is 3.37. The van der Waals surface area contributed by atoms with Gasteiger partial charge in [0, 0.05) is 26.0 Å². The summed E-state index contributed by atoms with van der Waals surface area (Å²) in [6, 6.07) is 4.00. The quantitative estimate of drug-likeness (QED) is 0.810. The highest BCUT2D eigenvalue weighted by Gasteiger charge is 2.32. The van der Waals surface area contributed by atoms with Crippen LogP contribution in [0.5, 0.6) is 0 Å². The van der Waals surface area contributed by atoms with Crippen molar-refractivity contribution >= 4 is 5.91 Å². The molecule has 1 amide bonds. The second-order valence-electron chi connectivity index (χ2n) is 4.68. The van der Waals surface area contributed by atoms with Crippen LogP contribution in [-0.2, 0) is 7.05 Å². The molecule has 0 bridgehead atoms. The third kappa shape index (κ3) is 2.21. The number of carbonyl (C=O) groups excluding carboxylic acids is 1. The SMILES string of the molecule is Cn1cnc(C(=O)N2CCCC2c2cccnc2)n1. The molecular weight excluding hydrogens is 242 g/mol. The maximum Gasteiger partial charge on any atom is 0.294 e. The minimum absolute atomic E-state index is 0.0880. The van der Waals surface area contributed by atoms with Crippen LogP contribution in [0.2, 0.25) is 0 Å². The number of likely N-dealkylation sites (tertiary alicyclic amines) is 1. The van der Waals surface area contributed by atoms with Crippen LogP contribution < -0.4 is 0 Å². The second-order valence-corrected chi connectivity index (χ2v) is 4.68. The summed E-state index contributed by atoms with van der Waals surface area (Å²) in [6.45, 7) is 0.747. The van der Waals surface area contributed by atoms with Gasteiger partial charge in [0.1, 0.15) is 6.33 Å². The Morgan fingerprint density at radius 2 is 2.37 bits per heavy atom. The summed E-state index contributed by atoms with van der Waals surface area (Å²) >= 11 is 0. The van der Waals surface area contributed by atoms with E-state index in [0.717, 1.165) is 24.9 Å². The molecule has 2 aromatic heterocycles. The maximum atomic E-state index is 12.4. The van der Waals surface area contributed by atoms with Gasteiger partial charge in [-0.05, 0) is 24.5 Å². The highest BCUT2D eigenvalue weighted by Crippen LogP contribution is 2.32. The molecule has 1 fully saturated rings. The van der Waals surface area contributed by atoms with Gasteiger partial charge in [0.2, 0.25) is 5.82 Å². The van der Waals surface area contributed by atoms with Gasteiger partial charge in [-0.25, -0.2) is 4.98 Å². The molecule has 2 aromatic rings. The van der Waals surface area contributed by atoms with Crippen molar-refractivity contribution in [3.8, 4) is 0 Å². The standard InChI is InChI=1S/C13H15N5O/c1-17-9-15-12(16-17)13(19)18-7-3-5-11(18)10-4-2-6-14-8-10/h2,4,6,8-9,11H,3,5,7H2,1H3. The van der Waals surface area contributed by atoms with Crippen LogP contribution in [0.15, 0.2) is 30.9 Å². The highest BCUT2D eigenvalue weighted by molar-refractivity contribution is 5.90. The highest BCUT2D eigenvalue weighted by atomic mass is 16.2. The fourth-order valence-corrected chi connectivity index (χ4v) is 2.50. The van der Waals surface area contributed by atoms with Crippen molar-refractivity contribution in [3.05, 3.63) is 42.2 Å². The first kappa shape index (κ1) is 11.8. The number of nitrogens with zero attached hydrogens (tertiary/aromatic N) is 5. The van der Waals surface area contributed by atoms with Gasteiger partial charge in [0.05, 0.1) is 6.04 Å². The van der Waals surface area contributed by atoms with Gasteiger partial charge in [-0.1, -0.05) is 6.07 Å². The van der Waals surface area contributed by atoms with E-state index in [-0.39, 0.29) is 17.8 Å². The summed E-state index contributed by atoms with van der Waals surface area (Å²) in [5.41, 5.74) is 1.07. The molecule has 0 aliphatic carbocycles. The third-order valence-corrected chi connectivity index (χ3v) is 3.37. The number of carbonyl (C=O) groups is 1. The number of aromatic nitrogens is 4. The zero-order chi connectivity index (χ0) is 13.2. The topological polar surface area (TPSA) is 63.9 Å². The van der Waals surface area contributed by atoms with Crippen LogP contribution in [0.4, 0.5) is 0 Å². The minimum Gasteiger partial charge on any atom is -0.329 e. The number of hydrogen-bond donors (Lipinski definition) is 0. The normalized spacial score (nSPS) is 18.8.